The van der Waals surface area contributed by atoms with E-state index in [1.807, 2.05) is 6.07 Å². The fourth-order valence-electron chi connectivity index (χ4n) is 2.28. The van der Waals surface area contributed by atoms with Crippen molar-refractivity contribution in [2.75, 3.05) is 32.5 Å². The van der Waals surface area contributed by atoms with Gasteiger partial charge in [-0.05, 0) is 17.7 Å². The lowest BCUT2D eigenvalue weighted by molar-refractivity contribution is 0.0322. The molecule has 0 radical (unpaired) electrons. The molecule has 1 aromatic carbocycles. The zero-order valence-corrected chi connectivity index (χ0v) is 13.9. The predicted molar refractivity (Wildman–Crippen MR) is 84.4 cm³/mol. The summed E-state index contributed by atoms with van der Waals surface area (Å²) in [4.78, 5) is 0. The first-order chi connectivity index (χ1) is 9.87. The van der Waals surface area contributed by atoms with Gasteiger partial charge in [0, 0.05) is 25.6 Å². The Kier molecular flexibility index (Phi) is 5.88. The lowest BCUT2D eigenvalue weighted by Crippen LogP contribution is -2.36. The van der Waals surface area contributed by atoms with Crippen LogP contribution in [0.5, 0.6) is 0 Å². The molecular weight excluding hydrogens is 335 g/mol. The Morgan fingerprint density at radius 3 is 2.81 bits per heavy atom. The van der Waals surface area contributed by atoms with Crippen molar-refractivity contribution >= 4 is 33.2 Å². The second-order valence-electron chi connectivity index (χ2n) is 5.05. The monoisotopic (exact) mass is 352 g/mol. The summed E-state index contributed by atoms with van der Waals surface area (Å²) in [5.74, 6) is -0.0283. The summed E-state index contributed by atoms with van der Waals surface area (Å²) in [7, 11) is -3.24. The van der Waals surface area contributed by atoms with E-state index in [2.05, 4.69) is 10.0 Å². The normalized spacial score (nSPS) is 23.8. The van der Waals surface area contributed by atoms with Crippen molar-refractivity contribution in [3.05, 3.63) is 33.8 Å². The molecule has 2 rings (SSSR count). The molecule has 2 N–H and O–H groups in total. The summed E-state index contributed by atoms with van der Waals surface area (Å²) in [6.07, 6.45) is 0.913. The third-order valence-electron chi connectivity index (χ3n) is 3.29. The fraction of sp³-hybridized carbons (Fsp3) is 0.538. The summed E-state index contributed by atoms with van der Waals surface area (Å²) in [5.41, 5.74) is 0.897. The van der Waals surface area contributed by atoms with Crippen LogP contribution in [0.1, 0.15) is 11.7 Å². The van der Waals surface area contributed by atoms with Crippen LogP contribution < -0.4 is 10.0 Å². The van der Waals surface area contributed by atoms with Crippen LogP contribution in [-0.2, 0) is 14.8 Å². The molecule has 118 valence electrons. The first kappa shape index (κ1) is 17.0. The SMILES string of the molecule is CS(=O)(=O)NC[C@@H]1CNCCO[C@H]1c1ccc(Cl)c(Cl)c1. The number of halogens is 2. The van der Waals surface area contributed by atoms with Gasteiger partial charge in [0.25, 0.3) is 0 Å². The quantitative estimate of drug-likeness (QED) is 0.867. The average Bonchev–Trinajstić information content (AvgIpc) is 2.64. The van der Waals surface area contributed by atoms with Crippen LogP contribution in [0.2, 0.25) is 10.0 Å². The molecule has 5 nitrogen and oxygen atoms in total. The van der Waals surface area contributed by atoms with Gasteiger partial charge in [0.2, 0.25) is 10.0 Å². The molecular formula is C13H18Cl2N2O3S. The average molecular weight is 353 g/mol. The van der Waals surface area contributed by atoms with Gasteiger partial charge in [-0.2, -0.15) is 0 Å². The van der Waals surface area contributed by atoms with E-state index < -0.39 is 10.0 Å². The molecule has 21 heavy (non-hydrogen) atoms. The van der Waals surface area contributed by atoms with Crippen LogP contribution in [0, 0.1) is 5.92 Å². The molecule has 1 aliphatic heterocycles. The van der Waals surface area contributed by atoms with Crippen molar-refractivity contribution < 1.29 is 13.2 Å². The van der Waals surface area contributed by atoms with Crippen molar-refractivity contribution in [2.24, 2.45) is 5.92 Å². The lowest BCUT2D eigenvalue weighted by Gasteiger charge is -2.25. The standard InChI is InChI=1S/C13H18Cl2N2O3S/c1-21(18,19)17-8-10-7-16-4-5-20-13(10)9-2-3-11(14)12(15)6-9/h2-3,6,10,13,16-17H,4-5,7-8H2,1H3/t10-,13-/m0/s1. The Balaban J connectivity index is 2.20. The van der Waals surface area contributed by atoms with Crippen LogP contribution in [0.3, 0.4) is 0 Å². The number of sulfonamides is 1. The number of ether oxygens (including phenoxy) is 1. The van der Waals surface area contributed by atoms with Gasteiger partial charge in [-0.3, -0.25) is 0 Å². The Hall–Kier alpha value is -0.370. The van der Waals surface area contributed by atoms with Crippen molar-refractivity contribution in [3.8, 4) is 0 Å². The van der Waals surface area contributed by atoms with Crippen molar-refractivity contribution in [1.82, 2.24) is 10.0 Å². The highest BCUT2D eigenvalue weighted by Gasteiger charge is 2.27. The number of nitrogens with one attached hydrogen (secondary N) is 2. The molecule has 0 amide bonds. The summed E-state index contributed by atoms with van der Waals surface area (Å²) in [5, 5.41) is 4.19. The Morgan fingerprint density at radius 2 is 2.14 bits per heavy atom. The first-order valence-electron chi connectivity index (χ1n) is 6.59. The molecule has 1 saturated heterocycles. The maximum absolute atomic E-state index is 11.3. The van der Waals surface area contributed by atoms with E-state index in [1.54, 1.807) is 12.1 Å². The third-order valence-corrected chi connectivity index (χ3v) is 4.72. The molecule has 0 aromatic heterocycles. The van der Waals surface area contributed by atoms with E-state index >= 15 is 0 Å². The largest absolute Gasteiger partial charge is 0.372 e. The Bertz CT molecular complexity index is 595. The lowest BCUT2D eigenvalue weighted by atomic mass is 9.95. The van der Waals surface area contributed by atoms with Gasteiger partial charge in [-0.25, -0.2) is 13.1 Å². The van der Waals surface area contributed by atoms with Crippen LogP contribution in [0.15, 0.2) is 18.2 Å². The maximum Gasteiger partial charge on any atom is 0.208 e. The predicted octanol–water partition coefficient (Wildman–Crippen LogP) is 1.82. The summed E-state index contributed by atoms with van der Waals surface area (Å²) >= 11 is 12.0. The highest BCUT2D eigenvalue weighted by atomic mass is 35.5. The molecule has 1 aliphatic rings. The van der Waals surface area contributed by atoms with Gasteiger partial charge in [-0.1, -0.05) is 29.3 Å². The molecule has 0 bridgehead atoms. The molecule has 2 atom stereocenters. The molecule has 0 spiro atoms. The molecule has 0 saturated carbocycles. The highest BCUT2D eigenvalue weighted by Crippen LogP contribution is 2.31. The second-order valence-corrected chi connectivity index (χ2v) is 7.70. The molecule has 1 fully saturated rings. The summed E-state index contributed by atoms with van der Waals surface area (Å²) in [6, 6.07) is 5.35. The highest BCUT2D eigenvalue weighted by molar-refractivity contribution is 7.88. The van der Waals surface area contributed by atoms with Crippen LogP contribution >= 0.6 is 23.2 Å². The molecule has 8 heteroatoms. The van der Waals surface area contributed by atoms with Gasteiger partial charge in [-0.15, -0.1) is 0 Å². The topological polar surface area (TPSA) is 67.4 Å². The zero-order chi connectivity index (χ0) is 15.5. The third kappa shape index (κ3) is 5.09. The van der Waals surface area contributed by atoms with Crippen molar-refractivity contribution in [1.29, 1.82) is 0 Å². The second kappa shape index (κ2) is 7.26. The van der Waals surface area contributed by atoms with E-state index in [4.69, 9.17) is 27.9 Å². The molecule has 1 heterocycles. The first-order valence-corrected chi connectivity index (χ1v) is 9.23. The zero-order valence-electron chi connectivity index (χ0n) is 11.6. The number of rotatable bonds is 4. The minimum atomic E-state index is -3.24. The Morgan fingerprint density at radius 1 is 1.38 bits per heavy atom. The number of hydrogen-bond acceptors (Lipinski definition) is 4. The fourth-order valence-corrected chi connectivity index (χ4v) is 3.11. The van der Waals surface area contributed by atoms with Gasteiger partial charge in [0.15, 0.2) is 0 Å². The molecule has 1 aromatic rings. The maximum atomic E-state index is 11.3. The van der Waals surface area contributed by atoms with E-state index in [9.17, 15) is 8.42 Å². The van der Waals surface area contributed by atoms with Gasteiger partial charge < -0.3 is 10.1 Å². The summed E-state index contributed by atoms with van der Waals surface area (Å²) in [6.45, 7) is 2.25. The van der Waals surface area contributed by atoms with Crippen LogP contribution in [0.4, 0.5) is 0 Å². The van der Waals surface area contributed by atoms with Gasteiger partial charge >= 0.3 is 0 Å². The van der Waals surface area contributed by atoms with Crippen molar-refractivity contribution in [2.45, 2.75) is 6.10 Å². The van der Waals surface area contributed by atoms with E-state index in [1.165, 1.54) is 0 Å². The smallest absolute Gasteiger partial charge is 0.208 e. The van der Waals surface area contributed by atoms with Crippen LogP contribution in [-0.4, -0.2) is 40.9 Å². The van der Waals surface area contributed by atoms with E-state index in [-0.39, 0.29) is 12.0 Å². The van der Waals surface area contributed by atoms with Gasteiger partial charge in [0.05, 0.1) is 29.0 Å². The van der Waals surface area contributed by atoms with E-state index in [0.29, 0.717) is 29.7 Å². The molecule has 0 unspecified atom stereocenters. The Labute approximate surface area is 135 Å². The summed E-state index contributed by atoms with van der Waals surface area (Å²) < 4.78 is 31.0. The van der Waals surface area contributed by atoms with Gasteiger partial charge in [0.1, 0.15) is 0 Å². The van der Waals surface area contributed by atoms with Crippen LogP contribution in [0.25, 0.3) is 0 Å². The molecule has 0 aliphatic carbocycles. The van der Waals surface area contributed by atoms with E-state index in [0.717, 1.165) is 18.4 Å². The number of hydrogen-bond donors (Lipinski definition) is 2. The number of benzene rings is 1. The minimum absolute atomic E-state index is 0.0283. The van der Waals surface area contributed by atoms with Crippen molar-refractivity contribution in [3.63, 3.8) is 0 Å². The minimum Gasteiger partial charge on any atom is -0.372 e.